The number of carbonyl (C=O) groups is 1. The number of ketones is 1. The van der Waals surface area contributed by atoms with Crippen molar-refractivity contribution < 1.29 is 9.53 Å². The first-order valence-electron chi connectivity index (χ1n) is 11.9. The van der Waals surface area contributed by atoms with Gasteiger partial charge in [-0.05, 0) is 56.4 Å². The van der Waals surface area contributed by atoms with Crippen molar-refractivity contribution in [3.63, 3.8) is 0 Å². The maximum Gasteiger partial charge on any atom is 0.207 e. The molecule has 3 aliphatic rings. The fraction of sp³-hybridized carbons (Fsp3) is 0.481. The number of carbonyl (C=O) groups excluding carboxylic acids is 1. The topological polar surface area (TPSA) is 41.9 Å². The zero-order chi connectivity index (χ0) is 22.0. The lowest BCUT2D eigenvalue weighted by atomic mass is 9.83. The molecule has 0 N–H and O–H groups in total. The summed E-state index contributed by atoms with van der Waals surface area (Å²) in [6, 6.07) is 16.3. The summed E-state index contributed by atoms with van der Waals surface area (Å²) in [5.74, 6) is 2.26. The highest BCUT2D eigenvalue weighted by Crippen LogP contribution is 2.37. The van der Waals surface area contributed by atoms with Gasteiger partial charge in [0.25, 0.3) is 0 Å². The molecule has 1 aliphatic heterocycles. The van der Waals surface area contributed by atoms with Crippen LogP contribution in [-0.4, -0.2) is 41.1 Å². The van der Waals surface area contributed by atoms with Crippen molar-refractivity contribution in [3.05, 3.63) is 65.2 Å². The Morgan fingerprint density at radius 1 is 1.12 bits per heavy atom. The van der Waals surface area contributed by atoms with E-state index in [9.17, 15) is 4.79 Å². The number of hydrogen-bond acceptors (Lipinski definition) is 5. The number of aryl methyl sites for hydroxylation is 1. The minimum atomic E-state index is -0.644. The number of aliphatic imine (C=N–C) groups is 1. The Kier molecular flexibility index (Phi) is 6.27. The molecule has 1 fully saturated rings. The van der Waals surface area contributed by atoms with Crippen molar-refractivity contribution in [1.29, 1.82) is 0 Å². The predicted molar refractivity (Wildman–Crippen MR) is 132 cm³/mol. The Bertz CT molecular complexity index is 986. The monoisotopic (exact) mass is 448 g/mol. The van der Waals surface area contributed by atoms with Gasteiger partial charge in [0, 0.05) is 34.6 Å². The highest BCUT2D eigenvalue weighted by molar-refractivity contribution is 7.99. The Morgan fingerprint density at radius 2 is 1.94 bits per heavy atom. The van der Waals surface area contributed by atoms with Gasteiger partial charge in [-0.1, -0.05) is 43.2 Å². The normalized spacial score (nSPS) is 22.7. The molecule has 2 atom stereocenters. The molecular weight excluding hydrogens is 416 g/mol. The van der Waals surface area contributed by atoms with Crippen LogP contribution in [0.1, 0.15) is 60.5 Å². The van der Waals surface area contributed by atoms with Crippen LogP contribution in [0, 0.1) is 5.92 Å². The van der Waals surface area contributed by atoms with Gasteiger partial charge < -0.3 is 9.64 Å². The quantitative estimate of drug-likeness (QED) is 0.545. The van der Waals surface area contributed by atoms with Crippen LogP contribution in [0.15, 0.2) is 53.5 Å². The van der Waals surface area contributed by atoms with Crippen molar-refractivity contribution in [2.75, 3.05) is 18.8 Å². The first-order valence-corrected chi connectivity index (χ1v) is 13.0. The zero-order valence-corrected chi connectivity index (χ0v) is 19.7. The van der Waals surface area contributed by atoms with Crippen molar-refractivity contribution in [2.24, 2.45) is 10.9 Å². The molecule has 0 bridgehead atoms. The van der Waals surface area contributed by atoms with Crippen molar-refractivity contribution in [3.8, 4) is 5.75 Å². The van der Waals surface area contributed by atoms with Gasteiger partial charge in [0.05, 0.1) is 12.9 Å². The molecule has 2 aromatic rings. The molecule has 2 aromatic carbocycles. The first-order chi connectivity index (χ1) is 15.6. The Hall–Kier alpha value is -2.27. The lowest BCUT2D eigenvalue weighted by Gasteiger charge is -2.39. The molecule has 1 unspecified atom stereocenters. The number of ether oxygens (including phenoxy) is 1. The van der Waals surface area contributed by atoms with Gasteiger partial charge in [-0.3, -0.25) is 9.79 Å². The van der Waals surface area contributed by atoms with E-state index in [1.54, 1.807) is 0 Å². The lowest BCUT2D eigenvalue weighted by Crippen LogP contribution is -2.46. The molecule has 168 valence electrons. The maximum absolute atomic E-state index is 13.2. The molecule has 0 aromatic heterocycles. The van der Waals surface area contributed by atoms with E-state index in [-0.39, 0.29) is 5.92 Å². The first kappa shape index (κ1) is 21.6. The van der Waals surface area contributed by atoms with Crippen molar-refractivity contribution >= 4 is 23.9 Å². The fourth-order valence-corrected chi connectivity index (χ4v) is 6.68. The van der Waals surface area contributed by atoms with E-state index in [1.807, 2.05) is 48.4 Å². The molecule has 0 radical (unpaired) electrons. The molecular formula is C27H32N2O2S. The Balaban J connectivity index is 1.33. The van der Waals surface area contributed by atoms with Gasteiger partial charge in [0.2, 0.25) is 5.72 Å². The van der Waals surface area contributed by atoms with Gasteiger partial charge in [0.15, 0.2) is 5.78 Å². The van der Waals surface area contributed by atoms with E-state index in [4.69, 9.17) is 4.74 Å². The highest BCUT2D eigenvalue weighted by atomic mass is 32.2. The van der Waals surface area contributed by atoms with Crippen molar-refractivity contribution in [2.45, 2.75) is 56.4 Å². The summed E-state index contributed by atoms with van der Waals surface area (Å²) in [6.45, 7) is 3.71. The molecule has 0 amide bonds. The summed E-state index contributed by atoms with van der Waals surface area (Å²) in [6.07, 6.45) is 9.14. The molecule has 0 spiro atoms. The van der Waals surface area contributed by atoms with E-state index >= 15 is 0 Å². The number of rotatable bonds is 7. The van der Waals surface area contributed by atoms with Crippen molar-refractivity contribution in [1.82, 2.24) is 4.90 Å². The average molecular weight is 449 g/mol. The summed E-state index contributed by atoms with van der Waals surface area (Å²) in [5, 5.41) is 0.768. The summed E-state index contributed by atoms with van der Waals surface area (Å²) in [4.78, 5) is 19.7. The molecule has 2 aliphatic carbocycles. The standard InChI is InChI=1S/C27H32N2O2S/c1-27(29-16-15-28-19-29,22-7-3-2-4-8-22)31-23-13-14-25-20(17-23)11-12-21(26(25)30)18-32-24-9-5-6-10-24/h2-4,7-8,13-14,17,19,21,24H,5-6,9-12,15-16,18H2,1H3/t21?,27-/m0/s1. The number of nitrogens with zero attached hydrogens (tertiary/aromatic N) is 2. The molecule has 0 saturated heterocycles. The number of Topliss-reactive ketones (excluding diaryl/α,β-unsaturated/α-hetero) is 1. The third-order valence-corrected chi connectivity index (χ3v) is 8.71. The van der Waals surface area contributed by atoms with E-state index in [1.165, 1.54) is 25.7 Å². The maximum atomic E-state index is 13.2. The minimum Gasteiger partial charge on any atom is -0.464 e. The summed E-state index contributed by atoms with van der Waals surface area (Å²) < 4.78 is 6.63. The van der Waals surface area contributed by atoms with Gasteiger partial charge >= 0.3 is 0 Å². The largest absolute Gasteiger partial charge is 0.464 e. The fourth-order valence-electron chi connectivity index (χ4n) is 5.19. The van der Waals surface area contributed by atoms with Crippen LogP contribution in [0.4, 0.5) is 0 Å². The number of benzene rings is 2. The van der Waals surface area contributed by atoms with E-state index in [0.717, 1.165) is 59.4 Å². The number of thioether (sulfide) groups is 1. The third-order valence-electron chi connectivity index (χ3n) is 7.18. The third kappa shape index (κ3) is 4.32. The number of fused-ring (bicyclic) bond motifs is 1. The highest BCUT2D eigenvalue weighted by Gasteiger charge is 2.37. The summed E-state index contributed by atoms with van der Waals surface area (Å²) >= 11 is 2.03. The van der Waals surface area contributed by atoms with E-state index in [2.05, 4.69) is 35.0 Å². The second-order valence-electron chi connectivity index (χ2n) is 9.32. The molecule has 4 nitrogen and oxygen atoms in total. The van der Waals surface area contributed by atoms with E-state index in [0.29, 0.717) is 5.78 Å². The van der Waals surface area contributed by atoms with Gasteiger partial charge in [0.1, 0.15) is 5.75 Å². The van der Waals surface area contributed by atoms with Crippen LogP contribution in [0.5, 0.6) is 5.75 Å². The molecule has 5 rings (SSSR count). The summed E-state index contributed by atoms with van der Waals surface area (Å²) in [7, 11) is 0. The second kappa shape index (κ2) is 9.30. The van der Waals surface area contributed by atoms with Gasteiger partial charge in [-0.25, -0.2) is 0 Å². The van der Waals surface area contributed by atoms with Crippen LogP contribution in [-0.2, 0) is 12.1 Å². The van der Waals surface area contributed by atoms with Crippen LogP contribution in [0.3, 0.4) is 0 Å². The molecule has 5 heteroatoms. The SMILES string of the molecule is C[C@](Oc1ccc2c(c1)CCC(CSC1CCCC1)C2=O)(c1ccccc1)N1C=NCC1. The number of hydrogen-bond donors (Lipinski definition) is 0. The average Bonchev–Trinajstić information content (AvgIpc) is 3.54. The minimum absolute atomic E-state index is 0.162. The molecule has 1 heterocycles. The zero-order valence-electron chi connectivity index (χ0n) is 18.8. The molecule has 32 heavy (non-hydrogen) atoms. The Morgan fingerprint density at radius 3 is 2.69 bits per heavy atom. The lowest BCUT2D eigenvalue weighted by molar-refractivity contribution is -0.0252. The molecule has 1 saturated carbocycles. The van der Waals surface area contributed by atoms with Crippen LogP contribution < -0.4 is 4.74 Å². The summed E-state index contributed by atoms with van der Waals surface area (Å²) in [5.41, 5.74) is 2.46. The second-order valence-corrected chi connectivity index (χ2v) is 10.7. The predicted octanol–water partition coefficient (Wildman–Crippen LogP) is 5.70. The van der Waals surface area contributed by atoms with Crippen LogP contribution >= 0.6 is 11.8 Å². The van der Waals surface area contributed by atoms with Crippen LogP contribution in [0.25, 0.3) is 0 Å². The van der Waals surface area contributed by atoms with Gasteiger partial charge in [-0.15, -0.1) is 0 Å². The van der Waals surface area contributed by atoms with Gasteiger partial charge in [-0.2, -0.15) is 11.8 Å². The Labute approximate surface area is 195 Å². The van der Waals surface area contributed by atoms with Crippen LogP contribution in [0.2, 0.25) is 0 Å². The smallest absolute Gasteiger partial charge is 0.207 e. The van der Waals surface area contributed by atoms with E-state index < -0.39 is 5.72 Å².